The molecule has 0 spiro atoms. The fraction of sp³-hybridized carbons (Fsp3) is 0.759. The minimum absolute atomic E-state index is 0.0666. The molecule has 0 aliphatic carbocycles. The third kappa shape index (κ3) is 75.0. The Morgan fingerprint density at radius 2 is 0.489 bits per heavy atom. The van der Waals surface area contributed by atoms with Crippen molar-refractivity contribution >= 4 is 11.9 Å². The van der Waals surface area contributed by atoms with Crippen molar-refractivity contribution in [2.75, 3.05) is 13.2 Å². The van der Waals surface area contributed by atoms with Gasteiger partial charge in [-0.1, -0.05) is 380 Å². The molecule has 0 radical (unpaired) electrons. The topological polar surface area (TPSA) is 72.8 Å². The van der Waals surface area contributed by atoms with Crippen molar-refractivity contribution < 1.29 is 24.2 Å². The molecule has 0 aromatic rings. The van der Waals surface area contributed by atoms with Gasteiger partial charge >= 0.3 is 11.9 Å². The molecule has 508 valence electrons. The third-order valence-corrected chi connectivity index (χ3v) is 17.1. The quantitative estimate of drug-likeness (QED) is 0.0373. The molecule has 5 nitrogen and oxygen atoms in total. The maximum absolute atomic E-state index is 12.4. The van der Waals surface area contributed by atoms with Gasteiger partial charge < -0.3 is 14.6 Å². The number of aliphatic hydroxyl groups excluding tert-OH is 1. The van der Waals surface area contributed by atoms with E-state index in [0.29, 0.717) is 12.8 Å². The molecule has 0 aliphatic heterocycles. The lowest BCUT2D eigenvalue weighted by Crippen LogP contribution is -2.28. The van der Waals surface area contributed by atoms with Crippen LogP contribution in [-0.2, 0) is 19.1 Å². The highest BCUT2D eigenvalue weighted by atomic mass is 16.6. The molecular weight excluding hydrogens is 1080 g/mol. The van der Waals surface area contributed by atoms with E-state index in [2.05, 4.69) is 123 Å². The Balaban J connectivity index is 3.45. The zero-order valence-corrected chi connectivity index (χ0v) is 58.5. The van der Waals surface area contributed by atoms with Gasteiger partial charge in [0.1, 0.15) is 6.61 Å². The van der Waals surface area contributed by atoms with Gasteiger partial charge in [-0.3, -0.25) is 9.59 Å². The first kappa shape index (κ1) is 84.6. The Bertz CT molecular complexity index is 1670. The number of hydrogen-bond acceptors (Lipinski definition) is 5. The van der Waals surface area contributed by atoms with Gasteiger partial charge in [0.05, 0.1) is 6.61 Å². The minimum Gasteiger partial charge on any atom is -0.462 e. The van der Waals surface area contributed by atoms with Crippen molar-refractivity contribution in [3.63, 3.8) is 0 Å². The fourth-order valence-electron chi connectivity index (χ4n) is 11.3. The molecule has 0 amide bonds. The predicted octanol–water partition coefficient (Wildman–Crippen LogP) is 27.1. The molecule has 0 saturated carbocycles. The fourth-order valence-corrected chi connectivity index (χ4v) is 11.3. The summed E-state index contributed by atoms with van der Waals surface area (Å²) in [6, 6.07) is 0. The number of rotatable bonds is 71. The molecule has 88 heavy (non-hydrogen) atoms. The summed E-state index contributed by atoms with van der Waals surface area (Å²) in [6.45, 7) is 4.07. The zero-order valence-electron chi connectivity index (χ0n) is 58.5. The van der Waals surface area contributed by atoms with Crippen LogP contribution in [0, 0.1) is 0 Å². The van der Waals surface area contributed by atoms with E-state index in [1.165, 1.54) is 270 Å². The van der Waals surface area contributed by atoms with Gasteiger partial charge in [-0.15, -0.1) is 0 Å². The predicted molar refractivity (Wildman–Crippen MR) is 389 cm³/mol. The maximum atomic E-state index is 12.4. The summed E-state index contributed by atoms with van der Waals surface area (Å²) in [6.07, 6.45) is 113. The second-order valence-corrected chi connectivity index (χ2v) is 25.7. The summed E-state index contributed by atoms with van der Waals surface area (Å²) < 4.78 is 10.8. The van der Waals surface area contributed by atoms with E-state index in [0.717, 1.165) is 89.9 Å². The van der Waals surface area contributed by atoms with Crippen molar-refractivity contribution in [2.24, 2.45) is 0 Å². The van der Waals surface area contributed by atoms with Crippen molar-refractivity contribution in [2.45, 2.75) is 392 Å². The number of hydrogen-bond donors (Lipinski definition) is 1. The normalized spacial score (nSPS) is 12.8. The summed E-state index contributed by atoms with van der Waals surface area (Å²) in [5.41, 5.74) is 0. The molecular formula is C83H146O5. The summed E-state index contributed by atoms with van der Waals surface area (Å²) in [5.74, 6) is -0.579. The van der Waals surface area contributed by atoms with E-state index in [1.54, 1.807) is 0 Å². The Kier molecular flexibility index (Phi) is 74.8. The van der Waals surface area contributed by atoms with Gasteiger partial charge in [0.25, 0.3) is 0 Å². The number of carbonyl (C=O) groups is 2. The Morgan fingerprint density at radius 1 is 0.273 bits per heavy atom. The van der Waals surface area contributed by atoms with E-state index in [4.69, 9.17) is 9.47 Å². The van der Waals surface area contributed by atoms with Crippen LogP contribution in [0.4, 0.5) is 0 Å². The van der Waals surface area contributed by atoms with Crippen LogP contribution < -0.4 is 0 Å². The van der Waals surface area contributed by atoms with E-state index in [9.17, 15) is 14.7 Å². The van der Waals surface area contributed by atoms with Crippen LogP contribution in [0.25, 0.3) is 0 Å². The first-order chi connectivity index (χ1) is 43.6. The number of unbranched alkanes of at least 4 members (excludes halogenated alkanes) is 45. The summed E-state index contributed by atoms with van der Waals surface area (Å²) in [7, 11) is 0. The second kappa shape index (κ2) is 77.8. The van der Waals surface area contributed by atoms with Gasteiger partial charge in [0.2, 0.25) is 0 Å². The van der Waals surface area contributed by atoms with Crippen LogP contribution in [0.3, 0.4) is 0 Å². The molecule has 0 aromatic carbocycles. The van der Waals surface area contributed by atoms with E-state index in [-0.39, 0.29) is 25.2 Å². The summed E-state index contributed by atoms with van der Waals surface area (Å²) in [4.78, 5) is 24.7. The van der Waals surface area contributed by atoms with Crippen LogP contribution >= 0.6 is 0 Å². The zero-order chi connectivity index (χ0) is 63.3. The van der Waals surface area contributed by atoms with Crippen LogP contribution in [0.15, 0.2) is 109 Å². The van der Waals surface area contributed by atoms with Crippen LogP contribution in [0.1, 0.15) is 386 Å². The molecule has 0 rings (SSSR count). The molecule has 1 atom stereocenters. The molecule has 0 saturated heterocycles. The maximum Gasteiger partial charge on any atom is 0.306 e. The van der Waals surface area contributed by atoms with Crippen molar-refractivity contribution in [1.82, 2.24) is 0 Å². The minimum atomic E-state index is -0.779. The second-order valence-electron chi connectivity index (χ2n) is 25.7. The van der Waals surface area contributed by atoms with E-state index >= 15 is 0 Å². The highest BCUT2D eigenvalue weighted by Crippen LogP contribution is 2.19. The molecule has 1 N–H and O–H groups in total. The van der Waals surface area contributed by atoms with Crippen molar-refractivity contribution in [1.29, 1.82) is 0 Å². The number of allylic oxidation sites excluding steroid dienone is 18. The van der Waals surface area contributed by atoms with Gasteiger partial charge in [-0.25, -0.2) is 0 Å². The van der Waals surface area contributed by atoms with Gasteiger partial charge in [-0.05, 0) is 103 Å². The highest BCUT2D eigenvalue weighted by molar-refractivity contribution is 5.70. The molecule has 0 aliphatic rings. The third-order valence-electron chi connectivity index (χ3n) is 17.1. The molecule has 0 aromatic heterocycles. The van der Waals surface area contributed by atoms with Gasteiger partial charge in [-0.2, -0.15) is 0 Å². The lowest BCUT2D eigenvalue weighted by molar-refractivity contribution is -0.161. The highest BCUT2D eigenvalue weighted by Gasteiger charge is 2.16. The lowest BCUT2D eigenvalue weighted by Gasteiger charge is -2.15. The van der Waals surface area contributed by atoms with Crippen LogP contribution in [-0.4, -0.2) is 36.4 Å². The Morgan fingerprint density at radius 3 is 0.750 bits per heavy atom. The smallest absolute Gasteiger partial charge is 0.306 e. The average Bonchev–Trinajstić information content (AvgIpc) is 3.55. The molecule has 1 unspecified atom stereocenters. The van der Waals surface area contributed by atoms with Crippen LogP contribution in [0.5, 0.6) is 0 Å². The summed E-state index contributed by atoms with van der Waals surface area (Å²) >= 11 is 0. The lowest BCUT2D eigenvalue weighted by atomic mass is 10.0. The van der Waals surface area contributed by atoms with E-state index in [1.807, 2.05) is 0 Å². The van der Waals surface area contributed by atoms with Crippen LogP contribution in [0.2, 0.25) is 0 Å². The number of ether oxygens (including phenoxy) is 2. The van der Waals surface area contributed by atoms with Gasteiger partial charge in [0.15, 0.2) is 6.10 Å². The average molecular weight is 1220 g/mol. The largest absolute Gasteiger partial charge is 0.462 e. The Labute approximate surface area is 548 Å². The number of esters is 2. The molecule has 5 heteroatoms. The SMILES string of the molecule is CC/C=C\C/C=C\C/C=C\C/C=C\C/C=C\C/C=C\C/C=C\C/C=C\CCCCCCCCCCCCCCC(=O)OC(CO)COC(=O)CCCCCCCCCCCCCCCCCCCCCCCCCCC/C=C\CCCCCCCCCC. The first-order valence-corrected chi connectivity index (χ1v) is 38.4. The first-order valence-electron chi connectivity index (χ1n) is 38.4. The number of carbonyl (C=O) groups excluding carboxylic acids is 2. The van der Waals surface area contributed by atoms with Crippen molar-refractivity contribution in [3.05, 3.63) is 109 Å². The van der Waals surface area contributed by atoms with Crippen molar-refractivity contribution in [3.8, 4) is 0 Å². The number of aliphatic hydroxyl groups is 1. The van der Waals surface area contributed by atoms with E-state index < -0.39 is 6.10 Å². The standard InChI is InChI=1S/C83H146O5/c1-3-5-7-9-11-13-15-17-19-21-23-25-27-29-31-33-35-37-39-41-43-45-47-49-51-53-55-57-59-61-63-65-67-69-71-73-75-77-82(85)87-80-81(79-84)88-83(86)78-76-74-72-70-68-66-64-62-60-58-56-54-52-50-48-46-44-42-40-38-36-34-32-30-28-26-24-22-20-18-16-14-12-10-8-6-4-2/h6,8,12,14,18,20-21,23-24,26,30,32,36,38,42,44,48,50,81,84H,3-5,7,9-11,13,15-17,19,22,25,27-29,31,33-35,37,39-41,43,45-47,49,51-80H2,1-2H3/b8-6-,14-12-,20-18-,23-21-,26-24-,32-30-,38-36-,44-42-,50-48-. The van der Waals surface area contributed by atoms with Gasteiger partial charge in [0, 0.05) is 12.8 Å². The summed E-state index contributed by atoms with van der Waals surface area (Å²) in [5, 5.41) is 9.72. The molecule has 0 heterocycles. The Hall–Kier alpha value is -3.44. The molecule has 0 fully saturated rings. The monoisotopic (exact) mass is 1220 g/mol. The molecule has 0 bridgehead atoms.